The van der Waals surface area contributed by atoms with Crippen LogP contribution in [-0.4, -0.2) is 13.4 Å². The first kappa shape index (κ1) is 26.8. The molecule has 0 amide bonds. The van der Waals surface area contributed by atoms with Crippen molar-refractivity contribution in [3.8, 4) is 5.75 Å². The van der Waals surface area contributed by atoms with Crippen LogP contribution in [0.2, 0.25) is 0 Å². The van der Waals surface area contributed by atoms with Crippen LogP contribution < -0.4 is 10.0 Å². The molecule has 0 aliphatic carbocycles. The van der Waals surface area contributed by atoms with Crippen LogP contribution in [-0.2, 0) is 18.0 Å². The van der Waals surface area contributed by atoms with Gasteiger partial charge in [0.05, 0.1) is 7.11 Å². The Morgan fingerprint density at radius 3 is 2.11 bits per heavy atom. The minimum atomic E-state index is -0.388. The van der Waals surface area contributed by atoms with E-state index in [1.807, 2.05) is 12.1 Å². The Bertz CT molecular complexity index is 1340. The number of carbonyl (C=O) groups excluding carboxylic acids is 1. The van der Waals surface area contributed by atoms with Gasteiger partial charge in [0.15, 0.2) is 6.29 Å². The highest BCUT2D eigenvalue weighted by molar-refractivity contribution is 7.48. The first-order valence-corrected chi connectivity index (χ1v) is 13.8. The first-order valence-electron chi connectivity index (χ1n) is 12.8. The summed E-state index contributed by atoms with van der Waals surface area (Å²) in [5.74, 6) is 0.513. The van der Waals surface area contributed by atoms with E-state index in [4.69, 9.17) is 4.74 Å². The van der Waals surface area contributed by atoms with Crippen LogP contribution in [0.4, 0.5) is 4.39 Å². The molecule has 0 aliphatic rings. The van der Waals surface area contributed by atoms with Gasteiger partial charge in [-0.15, -0.1) is 0 Å². The molecule has 0 aliphatic heterocycles. The zero-order valence-corrected chi connectivity index (χ0v) is 22.8. The molecule has 0 aromatic heterocycles. The molecule has 0 fully saturated rings. The minimum Gasteiger partial charge on any atom is -0.496 e. The van der Waals surface area contributed by atoms with Gasteiger partial charge in [0.2, 0.25) is 0 Å². The van der Waals surface area contributed by atoms with Gasteiger partial charge >= 0.3 is 0 Å². The average molecular weight is 513 g/mol. The van der Waals surface area contributed by atoms with Gasteiger partial charge in [-0.05, 0) is 52.5 Å². The molecule has 0 saturated carbocycles. The van der Waals surface area contributed by atoms with Gasteiger partial charge in [0.1, 0.15) is 11.6 Å². The Kier molecular flexibility index (Phi) is 8.90. The summed E-state index contributed by atoms with van der Waals surface area (Å²) in [7, 11) is 2.03. The number of aldehydes is 1. The highest BCUT2D eigenvalue weighted by Gasteiger charge is 2.32. The predicted octanol–water partition coefficient (Wildman–Crippen LogP) is 7.85. The van der Waals surface area contributed by atoms with Gasteiger partial charge < -0.3 is 4.74 Å². The van der Waals surface area contributed by atoms with Crippen LogP contribution in [0.3, 0.4) is 0 Å². The molecule has 4 rings (SSSR count). The van der Waals surface area contributed by atoms with Crippen LogP contribution in [0.5, 0.6) is 5.75 Å². The summed E-state index contributed by atoms with van der Waals surface area (Å²) in [6.45, 7) is 4.43. The first-order chi connectivity index (χ1) is 18.0. The SMILES string of the molecule is CCCC(C)(Pc1ccc(F)cc1C=O)c1cc(Cc2ccccc2)cc(Cc2ccccc2)c1OC. The van der Waals surface area contributed by atoms with Crippen molar-refractivity contribution >= 4 is 20.2 Å². The molecule has 2 unspecified atom stereocenters. The van der Waals surface area contributed by atoms with Crippen molar-refractivity contribution in [2.75, 3.05) is 7.11 Å². The van der Waals surface area contributed by atoms with E-state index in [1.54, 1.807) is 13.2 Å². The number of rotatable bonds is 11. The molecule has 2 nitrogen and oxygen atoms in total. The van der Waals surface area contributed by atoms with Crippen molar-refractivity contribution in [1.82, 2.24) is 0 Å². The predicted molar refractivity (Wildman–Crippen MR) is 153 cm³/mol. The van der Waals surface area contributed by atoms with E-state index >= 15 is 0 Å². The average Bonchev–Trinajstić information content (AvgIpc) is 2.91. The Morgan fingerprint density at radius 1 is 0.865 bits per heavy atom. The third-order valence-electron chi connectivity index (χ3n) is 6.81. The summed E-state index contributed by atoms with van der Waals surface area (Å²) in [6.07, 6.45) is 4.24. The molecule has 4 heteroatoms. The van der Waals surface area contributed by atoms with Crippen molar-refractivity contribution in [2.24, 2.45) is 0 Å². The number of carbonyl (C=O) groups is 1. The molecular weight excluding hydrogens is 478 g/mol. The van der Waals surface area contributed by atoms with E-state index in [-0.39, 0.29) is 19.6 Å². The fourth-order valence-corrected chi connectivity index (χ4v) is 6.83. The molecule has 0 spiro atoms. The second-order valence-electron chi connectivity index (χ2n) is 9.72. The second-order valence-corrected chi connectivity index (χ2v) is 11.6. The maximum Gasteiger partial charge on any atom is 0.150 e. The lowest BCUT2D eigenvalue weighted by Crippen LogP contribution is -2.22. The van der Waals surface area contributed by atoms with Crippen molar-refractivity contribution in [3.05, 3.63) is 130 Å². The van der Waals surface area contributed by atoms with Crippen LogP contribution in [0.25, 0.3) is 0 Å². The van der Waals surface area contributed by atoms with E-state index in [1.165, 1.54) is 28.8 Å². The van der Waals surface area contributed by atoms with Crippen molar-refractivity contribution in [1.29, 1.82) is 0 Å². The zero-order valence-electron chi connectivity index (χ0n) is 21.8. The quantitative estimate of drug-likeness (QED) is 0.151. The number of hydrogen-bond donors (Lipinski definition) is 0. The molecule has 2 atom stereocenters. The van der Waals surface area contributed by atoms with E-state index < -0.39 is 0 Å². The van der Waals surface area contributed by atoms with E-state index in [0.717, 1.165) is 54.2 Å². The third kappa shape index (κ3) is 6.53. The molecule has 4 aromatic rings. The second kappa shape index (κ2) is 12.3. The maximum atomic E-state index is 13.9. The Labute approximate surface area is 221 Å². The van der Waals surface area contributed by atoms with Gasteiger partial charge in [-0.1, -0.05) is 108 Å². The molecule has 0 N–H and O–H groups in total. The lowest BCUT2D eigenvalue weighted by molar-refractivity contribution is 0.112. The summed E-state index contributed by atoms with van der Waals surface area (Å²) >= 11 is 0. The Hall–Kier alpha value is -3.29. The lowest BCUT2D eigenvalue weighted by Gasteiger charge is -2.33. The molecule has 0 heterocycles. The highest BCUT2D eigenvalue weighted by Crippen LogP contribution is 2.50. The summed E-state index contributed by atoms with van der Waals surface area (Å²) in [5.41, 5.74) is 6.43. The summed E-state index contributed by atoms with van der Waals surface area (Å²) < 4.78 is 20.0. The molecule has 37 heavy (non-hydrogen) atoms. The van der Waals surface area contributed by atoms with Crippen LogP contribution in [0.1, 0.15) is 64.9 Å². The van der Waals surface area contributed by atoms with Gasteiger partial charge in [0, 0.05) is 22.7 Å². The molecular formula is C33H34FO2P. The number of methoxy groups -OCH3 is 1. The van der Waals surface area contributed by atoms with Crippen molar-refractivity contribution < 1.29 is 13.9 Å². The van der Waals surface area contributed by atoms with Crippen LogP contribution in [0.15, 0.2) is 91.0 Å². The van der Waals surface area contributed by atoms with Crippen molar-refractivity contribution in [3.63, 3.8) is 0 Å². The molecule has 190 valence electrons. The highest BCUT2D eigenvalue weighted by atomic mass is 31.1. The van der Waals surface area contributed by atoms with Gasteiger partial charge in [0.25, 0.3) is 0 Å². The normalized spacial score (nSPS) is 13.0. The van der Waals surface area contributed by atoms with Gasteiger partial charge in [-0.25, -0.2) is 4.39 Å². The van der Waals surface area contributed by atoms with E-state index in [0.29, 0.717) is 5.56 Å². The Morgan fingerprint density at radius 2 is 1.51 bits per heavy atom. The molecule has 0 saturated heterocycles. The zero-order chi connectivity index (χ0) is 26.3. The molecule has 4 aromatic carbocycles. The summed E-state index contributed by atoms with van der Waals surface area (Å²) in [4.78, 5) is 11.8. The van der Waals surface area contributed by atoms with Gasteiger partial charge in [-0.2, -0.15) is 0 Å². The molecule has 0 radical (unpaired) electrons. The number of hydrogen-bond acceptors (Lipinski definition) is 2. The maximum absolute atomic E-state index is 13.9. The summed E-state index contributed by atoms with van der Waals surface area (Å²) in [6, 6.07) is 30.0. The fraction of sp³-hybridized carbons (Fsp3) is 0.242. The van der Waals surface area contributed by atoms with E-state index in [2.05, 4.69) is 74.5 Å². The van der Waals surface area contributed by atoms with Crippen LogP contribution in [0, 0.1) is 5.82 Å². The van der Waals surface area contributed by atoms with Crippen LogP contribution >= 0.6 is 8.58 Å². The monoisotopic (exact) mass is 512 g/mol. The standard InChI is InChI=1S/C33H34FO2P/c1-4-17-33(2,37-31-16-15-29(34)22-28(31)23-35)30-21-26(18-24-11-7-5-8-12-24)20-27(32(30)36-3)19-25-13-9-6-10-14-25/h5-16,20-23,37H,4,17-19H2,1-3H3. The van der Waals surface area contributed by atoms with E-state index in [9.17, 15) is 9.18 Å². The smallest absolute Gasteiger partial charge is 0.150 e. The number of halogens is 1. The van der Waals surface area contributed by atoms with Gasteiger partial charge in [-0.3, -0.25) is 4.79 Å². The largest absolute Gasteiger partial charge is 0.496 e. The fourth-order valence-electron chi connectivity index (χ4n) is 5.09. The summed E-state index contributed by atoms with van der Waals surface area (Å²) in [5, 5.41) is 0.598. The number of benzene rings is 4. The van der Waals surface area contributed by atoms with Crippen molar-refractivity contribution in [2.45, 2.75) is 44.7 Å². The molecule has 0 bridgehead atoms. The third-order valence-corrected chi connectivity index (χ3v) is 8.61. The lowest BCUT2D eigenvalue weighted by atomic mass is 9.88. The Balaban J connectivity index is 1.86. The topological polar surface area (TPSA) is 26.3 Å². The minimum absolute atomic E-state index is 0.284. The number of ether oxygens (including phenoxy) is 1.